The molecule has 1 aliphatic carbocycles. The fraction of sp³-hybridized carbons (Fsp3) is 0.500. The highest BCUT2D eigenvalue weighted by molar-refractivity contribution is 5.92. The molecule has 6 nitrogen and oxygen atoms in total. The minimum atomic E-state index is 0.0366. The quantitative estimate of drug-likeness (QED) is 0.934. The van der Waals surface area contributed by atoms with Gasteiger partial charge in [-0.15, -0.1) is 0 Å². The van der Waals surface area contributed by atoms with Gasteiger partial charge in [0.2, 0.25) is 5.91 Å². The van der Waals surface area contributed by atoms with Crippen molar-refractivity contribution in [1.82, 2.24) is 19.4 Å². The lowest BCUT2D eigenvalue weighted by Gasteiger charge is -2.20. The number of pyridine rings is 1. The van der Waals surface area contributed by atoms with Crippen molar-refractivity contribution in [2.75, 3.05) is 25.0 Å². The highest BCUT2D eigenvalue weighted by Crippen LogP contribution is 2.28. The zero-order valence-electron chi connectivity index (χ0n) is 13.8. The van der Waals surface area contributed by atoms with Crippen LogP contribution in [0.1, 0.15) is 36.7 Å². The van der Waals surface area contributed by atoms with Crippen LogP contribution in [0.15, 0.2) is 30.9 Å². The van der Waals surface area contributed by atoms with E-state index >= 15 is 0 Å². The SMILES string of the molecule is O=C(CN1CC[C@@H](n2cnc3c2CCCC3)C1)Nc1ccncc1. The molecule has 6 heteroatoms. The molecule has 0 unspecified atom stereocenters. The number of fused-ring (bicyclic) bond motifs is 1. The second kappa shape index (κ2) is 6.73. The molecule has 0 radical (unpaired) electrons. The van der Waals surface area contributed by atoms with Crippen molar-refractivity contribution in [1.29, 1.82) is 0 Å². The Bertz CT molecular complexity index is 711. The third-order valence-corrected chi connectivity index (χ3v) is 5.03. The minimum Gasteiger partial charge on any atom is -0.330 e. The van der Waals surface area contributed by atoms with Gasteiger partial charge in [0.15, 0.2) is 0 Å². The Morgan fingerprint density at radius 1 is 1.25 bits per heavy atom. The van der Waals surface area contributed by atoms with Crippen LogP contribution in [0.25, 0.3) is 0 Å². The molecule has 2 aromatic rings. The predicted molar refractivity (Wildman–Crippen MR) is 91.8 cm³/mol. The van der Waals surface area contributed by atoms with Gasteiger partial charge in [-0.05, 0) is 44.2 Å². The summed E-state index contributed by atoms with van der Waals surface area (Å²) in [7, 11) is 0. The van der Waals surface area contributed by atoms with Crippen molar-refractivity contribution >= 4 is 11.6 Å². The first-order chi connectivity index (χ1) is 11.8. The highest BCUT2D eigenvalue weighted by Gasteiger charge is 2.28. The van der Waals surface area contributed by atoms with Crippen molar-refractivity contribution in [2.45, 2.75) is 38.1 Å². The Hall–Kier alpha value is -2.21. The van der Waals surface area contributed by atoms with Gasteiger partial charge in [-0.3, -0.25) is 14.7 Å². The van der Waals surface area contributed by atoms with Gasteiger partial charge in [0.1, 0.15) is 0 Å². The smallest absolute Gasteiger partial charge is 0.238 e. The molecule has 3 heterocycles. The topological polar surface area (TPSA) is 63.1 Å². The van der Waals surface area contributed by atoms with E-state index in [1.165, 1.54) is 24.2 Å². The molecular weight excluding hydrogens is 302 g/mol. The maximum Gasteiger partial charge on any atom is 0.238 e. The molecule has 126 valence electrons. The van der Waals surface area contributed by atoms with E-state index in [9.17, 15) is 4.79 Å². The van der Waals surface area contributed by atoms with Crippen LogP contribution in [-0.2, 0) is 17.6 Å². The number of carbonyl (C=O) groups excluding carboxylic acids is 1. The number of amides is 1. The maximum atomic E-state index is 12.2. The highest BCUT2D eigenvalue weighted by atomic mass is 16.2. The first-order valence-electron chi connectivity index (χ1n) is 8.76. The normalized spacial score (nSPS) is 20.8. The van der Waals surface area contributed by atoms with E-state index in [-0.39, 0.29) is 5.91 Å². The van der Waals surface area contributed by atoms with Crippen molar-refractivity contribution in [3.63, 3.8) is 0 Å². The van der Waals surface area contributed by atoms with Crippen LogP contribution in [0.4, 0.5) is 5.69 Å². The molecule has 4 rings (SSSR count). The number of anilines is 1. The zero-order chi connectivity index (χ0) is 16.4. The molecule has 2 aliphatic rings. The van der Waals surface area contributed by atoms with Crippen LogP contribution in [-0.4, -0.2) is 45.0 Å². The second-order valence-electron chi connectivity index (χ2n) is 6.71. The standard InChI is InChI=1S/C18H23N5O/c24-18(21-14-5-8-19-9-6-14)12-22-10-7-15(11-22)23-13-20-16-3-1-2-4-17(16)23/h5-6,8-9,13,15H,1-4,7,10-12H2,(H,19,21,24)/t15-/m1/s1. The van der Waals surface area contributed by atoms with E-state index in [2.05, 4.69) is 24.8 Å². The monoisotopic (exact) mass is 325 g/mol. The number of aromatic nitrogens is 3. The third-order valence-electron chi connectivity index (χ3n) is 5.03. The molecule has 0 spiro atoms. The van der Waals surface area contributed by atoms with Crippen LogP contribution >= 0.6 is 0 Å². The van der Waals surface area contributed by atoms with Crippen molar-refractivity contribution in [3.05, 3.63) is 42.2 Å². The lowest BCUT2D eigenvalue weighted by Crippen LogP contribution is -2.32. The zero-order valence-corrected chi connectivity index (χ0v) is 13.8. The van der Waals surface area contributed by atoms with Crippen LogP contribution in [0.5, 0.6) is 0 Å². The van der Waals surface area contributed by atoms with Gasteiger partial charge in [0.05, 0.1) is 18.6 Å². The Morgan fingerprint density at radius 2 is 2.08 bits per heavy atom. The fourth-order valence-corrected chi connectivity index (χ4v) is 3.83. The van der Waals surface area contributed by atoms with E-state index in [0.717, 1.165) is 38.0 Å². The maximum absolute atomic E-state index is 12.2. The van der Waals surface area contributed by atoms with Crippen molar-refractivity contribution in [2.24, 2.45) is 0 Å². The van der Waals surface area contributed by atoms with Crippen LogP contribution in [0.2, 0.25) is 0 Å². The molecule has 1 amide bonds. The van der Waals surface area contributed by atoms with Crippen molar-refractivity contribution in [3.8, 4) is 0 Å². The number of hydrogen-bond donors (Lipinski definition) is 1. The van der Waals surface area contributed by atoms with Gasteiger partial charge in [-0.25, -0.2) is 4.98 Å². The number of carbonyl (C=O) groups is 1. The summed E-state index contributed by atoms with van der Waals surface area (Å²) in [6.45, 7) is 2.32. The Labute approximate surface area is 141 Å². The number of aryl methyl sites for hydroxylation is 1. The number of nitrogens with one attached hydrogen (secondary N) is 1. The Balaban J connectivity index is 1.35. The average Bonchev–Trinajstić information content (AvgIpc) is 3.22. The first kappa shape index (κ1) is 15.3. The minimum absolute atomic E-state index is 0.0366. The molecule has 1 fully saturated rings. The molecule has 0 bridgehead atoms. The van der Waals surface area contributed by atoms with Gasteiger partial charge in [-0.1, -0.05) is 0 Å². The number of imidazole rings is 1. The van der Waals surface area contributed by atoms with Gasteiger partial charge < -0.3 is 9.88 Å². The molecule has 0 aromatic carbocycles. The molecule has 1 atom stereocenters. The van der Waals surface area contributed by atoms with Crippen LogP contribution in [0, 0.1) is 0 Å². The molecule has 1 aliphatic heterocycles. The van der Waals surface area contributed by atoms with E-state index in [1.807, 2.05) is 18.5 Å². The summed E-state index contributed by atoms with van der Waals surface area (Å²) in [6.07, 6.45) is 11.3. The van der Waals surface area contributed by atoms with E-state index in [4.69, 9.17) is 0 Å². The van der Waals surface area contributed by atoms with Crippen LogP contribution in [0.3, 0.4) is 0 Å². The summed E-state index contributed by atoms with van der Waals surface area (Å²) in [6, 6.07) is 4.07. The second-order valence-corrected chi connectivity index (χ2v) is 6.71. The van der Waals surface area contributed by atoms with E-state index in [0.29, 0.717) is 12.6 Å². The van der Waals surface area contributed by atoms with Gasteiger partial charge in [0, 0.05) is 42.9 Å². The summed E-state index contributed by atoms with van der Waals surface area (Å²) in [4.78, 5) is 23.0. The Morgan fingerprint density at radius 3 is 2.96 bits per heavy atom. The van der Waals surface area contributed by atoms with Crippen LogP contribution < -0.4 is 5.32 Å². The molecular formula is C18H23N5O. The van der Waals surface area contributed by atoms with Crippen molar-refractivity contribution < 1.29 is 4.79 Å². The Kier molecular flexibility index (Phi) is 4.30. The lowest BCUT2D eigenvalue weighted by atomic mass is 10.0. The molecule has 1 N–H and O–H groups in total. The van der Waals surface area contributed by atoms with E-state index < -0.39 is 0 Å². The summed E-state index contributed by atoms with van der Waals surface area (Å²) in [5.74, 6) is 0.0366. The summed E-state index contributed by atoms with van der Waals surface area (Å²) in [5.41, 5.74) is 3.51. The number of hydrogen-bond acceptors (Lipinski definition) is 4. The molecule has 24 heavy (non-hydrogen) atoms. The lowest BCUT2D eigenvalue weighted by molar-refractivity contribution is -0.117. The molecule has 0 saturated carbocycles. The first-order valence-corrected chi connectivity index (χ1v) is 8.76. The summed E-state index contributed by atoms with van der Waals surface area (Å²) in [5, 5.41) is 2.93. The largest absolute Gasteiger partial charge is 0.330 e. The summed E-state index contributed by atoms with van der Waals surface area (Å²) >= 11 is 0. The number of nitrogens with zero attached hydrogens (tertiary/aromatic N) is 4. The molecule has 1 saturated heterocycles. The summed E-state index contributed by atoms with van der Waals surface area (Å²) < 4.78 is 2.37. The third kappa shape index (κ3) is 3.19. The van der Waals surface area contributed by atoms with Gasteiger partial charge in [0.25, 0.3) is 0 Å². The number of likely N-dealkylation sites (tertiary alicyclic amines) is 1. The average molecular weight is 325 g/mol. The predicted octanol–water partition coefficient (Wildman–Crippen LogP) is 2.04. The van der Waals surface area contributed by atoms with Gasteiger partial charge in [-0.2, -0.15) is 0 Å². The number of rotatable bonds is 4. The van der Waals surface area contributed by atoms with Gasteiger partial charge >= 0.3 is 0 Å². The van der Waals surface area contributed by atoms with E-state index in [1.54, 1.807) is 12.4 Å². The molecule has 2 aromatic heterocycles. The fourth-order valence-electron chi connectivity index (χ4n) is 3.83.